The molecule has 4 aromatic rings. The Bertz CT molecular complexity index is 1670. The summed E-state index contributed by atoms with van der Waals surface area (Å²) in [6, 6.07) is 11.5. The Labute approximate surface area is 263 Å². The fourth-order valence-corrected chi connectivity index (χ4v) is 5.11. The zero-order chi connectivity index (χ0) is 33.1. The molecule has 0 radical (unpaired) electrons. The van der Waals surface area contributed by atoms with Crippen LogP contribution >= 0.6 is 0 Å². The highest BCUT2D eigenvalue weighted by Gasteiger charge is 2.25. The van der Waals surface area contributed by atoms with Crippen LogP contribution in [0.2, 0.25) is 0 Å². The Morgan fingerprint density at radius 2 is 1.80 bits per heavy atom. The van der Waals surface area contributed by atoms with Crippen LogP contribution in [0.25, 0.3) is 22.2 Å². The number of benzene rings is 2. The van der Waals surface area contributed by atoms with Gasteiger partial charge in [-0.25, -0.2) is 18.0 Å². The van der Waals surface area contributed by atoms with Crippen molar-refractivity contribution in [3.63, 3.8) is 0 Å². The molecule has 0 spiro atoms. The molecule has 0 bridgehead atoms. The molecule has 1 unspecified atom stereocenters. The van der Waals surface area contributed by atoms with E-state index in [9.17, 15) is 23.0 Å². The van der Waals surface area contributed by atoms with Gasteiger partial charge in [-0.15, -0.1) is 0 Å². The molecule has 1 atom stereocenters. The van der Waals surface area contributed by atoms with Gasteiger partial charge in [0.25, 0.3) is 0 Å². The molecule has 0 saturated carbocycles. The van der Waals surface area contributed by atoms with Gasteiger partial charge in [0.1, 0.15) is 34.3 Å². The van der Waals surface area contributed by atoms with E-state index < -0.39 is 39.6 Å². The number of ether oxygens (including phenoxy) is 1. The van der Waals surface area contributed by atoms with Gasteiger partial charge in [-0.05, 0) is 69.5 Å². The first kappa shape index (κ1) is 35.0. The lowest BCUT2D eigenvalue weighted by molar-refractivity contribution is -0.154. The van der Waals surface area contributed by atoms with E-state index in [4.69, 9.17) is 4.74 Å². The summed E-state index contributed by atoms with van der Waals surface area (Å²) in [5.74, 6) is -2.84. The molecule has 0 amide bonds. The Balaban J connectivity index is 0.000000392. The first-order valence-electron chi connectivity index (χ1n) is 14.5. The number of H-pyrrole nitrogens is 1. The second-order valence-electron chi connectivity index (χ2n) is 11.1. The van der Waals surface area contributed by atoms with Crippen LogP contribution < -0.4 is 10.0 Å². The van der Waals surface area contributed by atoms with E-state index in [1.54, 1.807) is 12.3 Å². The van der Waals surface area contributed by atoms with Crippen LogP contribution in [-0.4, -0.2) is 50.6 Å². The predicted octanol–water partition coefficient (Wildman–Crippen LogP) is 6.96. The fraction of sp³-hybridized carbons (Fsp3) is 0.333. The monoisotopic (exact) mass is 640 g/mol. The lowest BCUT2D eigenvalue weighted by Crippen LogP contribution is -2.23. The highest BCUT2D eigenvalue weighted by molar-refractivity contribution is 7.86. The minimum absolute atomic E-state index is 0.0934. The van der Waals surface area contributed by atoms with Gasteiger partial charge in [-0.2, -0.15) is 0 Å². The van der Waals surface area contributed by atoms with Crippen LogP contribution in [0, 0.1) is 11.6 Å². The average Bonchev–Trinajstić information content (AvgIpc) is 3.42. The number of aromatic amines is 1. The number of pyridine rings is 1. The molecule has 45 heavy (non-hydrogen) atoms. The predicted molar refractivity (Wildman–Crippen MR) is 174 cm³/mol. The molecular formula is C33H38F2N4O5S. The number of anilines is 2. The molecule has 4 rings (SSSR count). The number of nitrogens with one attached hydrogen (secondary N) is 3. The zero-order valence-electron chi connectivity index (χ0n) is 26.0. The molecule has 0 aliphatic heterocycles. The number of unbranched alkanes of at least 4 members (excludes halogenated alkanes) is 1. The molecule has 0 aliphatic carbocycles. The maximum absolute atomic E-state index is 15.1. The highest BCUT2D eigenvalue weighted by atomic mass is 32.2. The van der Waals surface area contributed by atoms with E-state index >= 15 is 4.39 Å². The largest absolute Gasteiger partial charge is 0.460 e. The van der Waals surface area contributed by atoms with Gasteiger partial charge in [0.15, 0.2) is 5.82 Å². The Hall–Kier alpha value is -4.45. The number of halogens is 2. The van der Waals surface area contributed by atoms with Crippen molar-refractivity contribution < 1.29 is 32.1 Å². The van der Waals surface area contributed by atoms with E-state index in [1.807, 2.05) is 59.0 Å². The normalized spacial score (nSPS) is 11.7. The van der Waals surface area contributed by atoms with Crippen molar-refractivity contribution in [2.24, 2.45) is 0 Å². The molecule has 240 valence electrons. The minimum atomic E-state index is -1.54. The number of nitrogens with zero attached hydrogens (tertiary/aromatic N) is 1. The number of fused-ring (bicyclic) bond motifs is 1. The van der Waals surface area contributed by atoms with Gasteiger partial charge >= 0.3 is 5.97 Å². The van der Waals surface area contributed by atoms with E-state index in [1.165, 1.54) is 6.20 Å². The molecule has 0 fully saturated rings. The molecule has 3 N–H and O–H groups in total. The molecule has 2 aromatic heterocycles. The lowest BCUT2D eigenvalue weighted by atomic mass is 9.99. The Morgan fingerprint density at radius 3 is 2.42 bits per heavy atom. The number of esters is 1. The van der Waals surface area contributed by atoms with Crippen molar-refractivity contribution in [2.75, 3.05) is 22.8 Å². The number of hydrogen-bond acceptors (Lipinski definition) is 7. The van der Waals surface area contributed by atoms with Crippen molar-refractivity contribution >= 4 is 51.4 Å². The SMILES string of the molecule is CC(C)(C)OC(=O)CCCC=O.CCCS(=O)Nc1ccc(F)c(C(=O)c2c[nH]c3ncc(-c4ccc(NC)cc4)cc23)c1F. The van der Waals surface area contributed by atoms with Gasteiger partial charge in [0, 0.05) is 60.2 Å². The smallest absolute Gasteiger partial charge is 0.306 e. The van der Waals surface area contributed by atoms with Gasteiger partial charge in [-0.1, -0.05) is 19.1 Å². The summed E-state index contributed by atoms with van der Waals surface area (Å²) in [5, 5.41) is 3.49. The van der Waals surface area contributed by atoms with Crippen molar-refractivity contribution in [3.05, 3.63) is 77.6 Å². The van der Waals surface area contributed by atoms with E-state index in [0.29, 0.717) is 42.5 Å². The lowest BCUT2D eigenvalue weighted by Gasteiger charge is -2.19. The van der Waals surface area contributed by atoms with E-state index in [2.05, 4.69) is 20.0 Å². The standard InChI is InChI=1S/C24H22F2N4O2S.C9H16O3/c1-3-10-33(32)30-20-9-8-19(25)21(22(20)26)23(31)18-13-29-24-17(18)11-15(12-28-24)14-4-6-16(27-2)7-5-14;1-9(2,3)12-8(11)6-4-5-7-10/h4-9,11-13,27,30H,3,10H2,1-2H3,(H,28,29);7H,4-6H2,1-3H3. The molecule has 2 aromatic carbocycles. The molecule has 0 aliphatic rings. The summed E-state index contributed by atoms with van der Waals surface area (Å²) < 4.78 is 49.2. The van der Waals surface area contributed by atoms with Crippen molar-refractivity contribution in [3.8, 4) is 11.1 Å². The number of hydrogen-bond donors (Lipinski definition) is 3. The fourth-order valence-electron chi connectivity index (χ4n) is 4.23. The van der Waals surface area contributed by atoms with Crippen LogP contribution in [0.15, 0.2) is 54.9 Å². The van der Waals surface area contributed by atoms with Crippen LogP contribution in [0.5, 0.6) is 0 Å². The molecular weight excluding hydrogens is 602 g/mol. The number of carbonyl (C=O) groups excluding carboxylic acids is 3. The number of aldehydes is 1. The number of rotatable bonds is 12. The van der Waals surface area contributed by atoms with Crippen LogP contribution in [-0.2, 0) is 25.3 Å². The minimum Gasteiger partial charge on any atom is -0.460 e. The van der Waals surface area contributed by atoms with Crippen molar-refractivity contribution in [1.82, 2.24) is 9.97 Å². The Kier molecular flexibility index (Phi) is 12.5. The molecule has 9 nitrogen and oxygen atoms in total. The highest BCUT2D eigenvalue weighted by Crippen LogP contribution is 2.30. The zero-order valence-corrected chi connectivity index (χ0v) is 26.8. The van der Waals surface area contributed by atoms with Gasteiger partial charge < -0.3 is 24.6 Å². The summed E-state index contributed by atoms with van der Waals surface area (Å²) in [5.41, 5.74) is 1.79. The molecule has 2 heterocycles. The topological polar surface area (TPSA) is 130 Å². The van der Waals surface area contributed by atoms with Gasteiger partial charge in [0.2, 0.25) is 5.78 Å². The van der Waals surface area contributed by atoms with Crippen LogP contribution in [0.3, 0.4) is 0 Å². The van der Waals surface area contributed by atoms with E-state index in [0.717, 1.165) is 35.2 Å². The number of carbonyl (C=O) groups is 3. The summed E-state index contributed by atoms with van der Waals surface area (Å²) in [7, 11) is 0.284. The van der Waals surface area contributed by atoms with Gasteiger partial charge in [-0.3, -0.25) is 9.59 Å². The first-order chi connectivity index (χ1) is 21.4. The van der Waals surface area contributed by atoms with Crippen molar-refractivity contribution in [2.45, 2.75) is 59.0 Å². The summed E-state index contributed by atoms with van der Waals surface area (Å²) in [6.45, 7) is 7.31. The third-order valence-corrected chi connectivity index (χ3v) is 7.56. The summed E-state index contributed by atoms with van der Waals surface area (Å²) in [4.78, 5) is 41.4. The second-order valence-corrected chi connectivity index (χ2v) is 12.4. The Morgan fingerprint density at radius 1 is 1.09 bits per heavy atom. The van der Waals surface area contributed by atoms with E-state index in [-0.39, 0.29) is 17.2 Å². The number of aromatic nitrogens is 2. The second kappa shape index (κ2) is 16.0. The summed E-state index contributed by atoms with van der Waals surface area (Å²) in [6.07, 6.45) is 5.83. The summed E-state index contributed by atoms with van der Waals surface area (Å²) >= 11 is 0. The third-order valence-electron chi connectivity index (χ3n) is 6.34. The quantitative estimate of drug-likeness (QED) is 0.0660. The maximum Gasteiger partial charge on any atom is 0.306 e. The van der Waals surface area contributed by atoms with Crippen molar-refractivity contribution in [1.29, 1.82) is 0 Å². The first-order valence-corrected chi connectivity index (χ1v) is 15.8. The molecule has 12 heteroatoms. The maximum atomic E-state index is 15.1. The average molecular weight is 641 g/mol. The molecule has 0 saturated heterocycles. The number of ketones is 1. The van der Waals surface area contributed by atoms with Crippen LogP contribution in [0.4, 0.5) is 20.2 Å². The van der Waals surface area contributed by atoms with Gasteiger partial charge in [0.05, 0.1) is 11.3 Å². The van der Waals surface area contributed by atoms with Crippen LogP contribution in [0.1, 0.15) is 69.3 Å². The third kappa shape index (κ3) is 9.77.